The molecule has 0 aromatic heterocycles. The summed E-state index contributed by atoms with van der Waals surface area (Å²) in [5, 5.41) is 22.1. The second kappa shape index (κ2) is 5.06. The summed E-state index contributed by atoms with van der Waals surface area (Å²) in [6.45, 7) is 0. The number of benzene rings is 2. The van der Waals surface area contributed by atoms with Gasteiger partial charge in [0, 0.05) is 16.5 Å². The van der Waals surface area contributed by atoms with Gasteiger partial charge in [-0.25, -0.2) is 0 Å². The lowest BCUT2D eigenvalue weighted by Gasteiger charge is -2.06. The Labute approximate surface area is 124 Å². The molecule has 0 aliphatic carbocycles. The fraction of sp³-hybridized carbons (Fsp3) is 0. The van der Waals surface area contributed by atoms with Crippen molar-refractivity contribution in [1.82, 2.24) is 0 Å². The number of fused-ring (bicyclic) bond motifs is 1. The first-order valence-corrected chi connectivity index (χ1v) is 6.86. The van der Waals surface area contributed by atoms with E-state index in [1.165, 1.54) is 23.9 Å². The minimum Gasteiger partial charge on any atom is -0.868 e. The standard InChI is InChI=1S/C15H9NO4S/c17-12-6-5-9(7-11(12)16(19)20)8-14-15(18)10-3-1-2-4-13(10)21-14/h1-8,17H/p-1/b14-8+. The molecule has 0 bridgehead atoms. The number of nitro benzene ring substituents is 1. The molecule has 0 spiro atoms. The third-order valence-corrected chi connectivity index (χ3v) is 4.15. The number of hydrogen-bond donors (Lipinski definition) is 0. The van der Waals surface area contributed by atoms with Crippen molar-refractivity contribution in [3.8, 4) is 5.75 Å². The lowest BCUT2D eigenvalue weighted by Crippen LogP contribution is -1.98. The number of allylic oxidation sites excluding steroid dienone is 1. The Kier molecular flexibility index (Phi) is 3.23. The minimum absolute atomic E-state index is 0.107. The lowest BCUT2D eigenvalue weighted by molar-refractivity contribution is -0.398. The van der Waals surface area contributed by atoms with Crippen LogP contribution in [0.5, 0.6) is 5.75 Å². The number of Topliss-reactive ketones (excluding diaryl/α,β-unsaturated/α-hetero) is 1. The first-order chi connectivity index (χ1) is 10.1. The van der Waals surface area contributed by atoms with E-state index in [9.17, 15) is 20.0 Å². The largest absolute Gasteiger partial charge is 0.868 e. The first-order valence-electron chi connectivity index (χ1n) is 6.05. The fourth-order valence-corrected chi connectivity index (χ4v) is 3.11. The zero-order chi connectivity index (χ0) is 15.0. The van der Waals surface area contributed by atoms with E-state index >= 15 is 0 Å². The van der Waals surface area contributed by atoms with Gasteiger partial charge < -0.3 is 5.11 Å². The second-order valence-corrected chi connectivity index (χ2v) is 5.50. The van der Waals surface area contributed by atoms with Gasteiger partial charge in [0.2, 0.25) is 5.78 Å². The summed E-state index contributed by atoms with van der Waals surface area (Å²) < 4.78 is 0. The fourth-order valence-electron chi connectivity index (χ4n) is 2.05. The molecule has 0 atom stereocenters. The highest BCUT2D eigenvalue weighted by atomic mass is 32.2. The van der Waals surface area contributed by atoms with Crippen molar-refractivity contribution >= 4 is 29.3 Å². The maximum absolute atomic E-state index is 12.2. The average molecular weight is 298 g/mol. The molecule has 5 nitrogen and oxygen atoms in total. The van der Waals surface area contributed by atoms with Crippen LogP contribution in [0.2, 0.25) is 0 Å². The van der Waals surface area contributed by atoms with Crippen molar-refractivity contribution in [3.05, 3.63) is 68.6 Å². The van der Waals surface area contributed by atoms with Crippen LogP contribution in [0.1, 0.15) is 15.9 Å². The molecule has 104 valence electrons. The summed E-state index contributed by atoms with van der Waals surface area (Å²) in [4.78, 5) is 23.6. The summed E-state index contributed by atoms with van der Waals surface area (Å²) in [6.07, 6.45) is 1.57. The van der Waals surface area contributed by atoms with E-state index in [0.29, 0.717) is 16.0 Å². The maximum Gasteiger partial charge on any atom is 0.262 e. The number of carbonyl (C=O) groups excluding carboxylic acids is 1. The quantitative estimate of drug-likeness (QED) is 0.483. The average Bonchev–Trinajstić information content (AvgIpc) is 2.78. The topological polar surface area (TPSA) is 83.3 Å². The Balaban J connectivity index is 2.00. The zero-order valence-corrected chi connectivity index (χ0v) is 11.4. The highest BCUT2D eigenvalue weighted by Crippen LogP contribution is 2.40. The Bertz CT molecular complexity index is 798. The predicted molar refractivity (Wildman–Crippen MR) is 77.1 cm³/mol. The molecule has 0 fully saturated rings. The summed E-state index contributed by atoms with van der Waals surface area (Å²) in [5.74, 6) is -0.750. The Hall–Kier alpha value is -2.60. The summed E-state index contributed by atoms with van der Waals surface area (Å²) in [5.41, 5.74) is 0.603. The molecule has 0 unspecified atom stereocenters. The van der Waals surface area contributed by atoms with Crippen molar-refractivity contribution in [3.63, 3.8) is 0 Å². The van der Waals surface area contributed by atoms with Gasteiger partial charge in [0.15, 0.2) is 0 Å². The van der Waals surface area contributed by atoms with Crippen LogP contribution < -0.4 is 5.11 Å². The monoisotopic (exact) mass is 298 g/mol. The van der Waals surface area contributed by atoms with E-state index in [2.05, 4.69) is 0 Å². The van der Waals surface area contributed by atoms with Gasteiger partial charge in [0.25, 0.3) is 5.69 Å². The molecular formula is C15H8NO4S-. The molecule has 1 aliphatic rings. The summed E-state index contributed by atoms with van der Waals surface area (Å²) in [7, 11) is 0. The highest BCUT2D eigenvalue weighted by Gasteiger charge is 2.25. The molecule has 2 aromatic carbocycles. The van der Waals surface area contributed by atoms with E-state index in [1.807, 2.05) is 12.1 Å². The molecule has 0 saturated carbocycles. The minimum atomic E-state index is -0.720. The third-order valence-electron chi connectivity index (χ3n) is 3.05. The van der Waals surface area contributed by atoms with Gasteiger partial charge in [0.1, 0.15) is 0 Å². The Morgan fingerprint density at radius 2 is 1.90 bits per heavy atom. The van der Waals surface area contributed by atoms with Crippen LogP contribution in [0.4, 0.5) is 5.69 Å². The van der Waals surface area contributed by atoms with Gasteiger partial charge in [-0.1, -0.05) is 36.0 Å². The number of hydrogen-bond acceptors (Lipinski definition) is 5. The van der Waals surface area contributed by atoms with Gasteiger partial charge in [-0.2, -0.15) is 0 Å². The molecule has 2 aromatic rings. The van der Waals surface area contributed by atoms with Crippen molar-refractivity contribution in [2.45, 2.75) is 4.90 Å². The van der Waals surface area contributed by atoms with Crippen molar-refractivity contribution in [2.75, 3.05) is 0 Å². The summed E-state index contributed by atoms with van der Waals surface area (Å²) in [6, 6.07) is 11.0. The molecule has 0 amide bonds. The normalized spacial score (nSPS) is 15.2. The molecule has 1 heterocycles. The molecule has 6 heteroatoms. The molecule has 0 N–H and O–H groups in total. The predicted octanol–water partition coefficient (Wildman–Crippen LogP) is 3.00. The molecule has 0 saturated heterocycles. The molecule has 3 rings (SSSR count). The third kappa shape index (κ3) is 2.41. The molecule has 0 radical (unpaired) electrons. The van der Waals surface area contributed by atoms with E-state index < -0.39 is 16.4 Å². The molecular weight excluding hydrogens is 290 g/mol. The van der Waals surface area contributed by atoms with Crippen molar-refractivity contribution in [1.29, 1.82) is 0 Å². The smallest absolute Gasteiger partial charge is 0.262 e. The number of thioether (sulfide) groups is 1. The van der Waals surface area contributed by atoms with Crippen LogP contribution in [-0.2, 0) is 0 Å². The van der Waals surface area contributed by atoms with Crippen LogP contribution in [0.3, 0.4) is 0 Å². The maximum atomic E-state index is 12.2. The second-order valence-electron chi connectivity index (χ2n) is 4.42. The molecule has 21 heavy (non-hydrogen) atoms. The van der Waals surface area contributed by atoms with Gasteiger partial charge >= 0.3 is 0 Å². The van der Waals surface area contributed by atoms with Gasteiger partial charge in [0.05, 0.1) is 9.83 Å². The van der Waals surface area contributed by atoms with E-state index in [0.717, 1.165) is 11.0 Å². The summed E-state index contributed by atoms with van der Waals surface area (Å²) >= 11 is 1.32. The highest BCUT2D eigenvalue weighted by molar-refractivity contribution is 8.04. The number of rotatable bonds is 2. The van der Waals surface area contributed by atoms with Crippen LogP contribution >= 0.6 is 11.8 Å². The van der Waals surface area contributed by atoms with Crippen molar-refractivity contribution < 1.29 is 14.8 Å². The van der Waals surface area contributed by atoms with Gasteiger partial charge in [-0.15, -0.1) is 0 Å². The Morgan fingerprint density at radius 1 is 1.14 bits per heavy atom. The number of nitrogens with zero attached hydrogens (tertiary/aromatic N) is 1. The van der Waals surface area contributed by atoms with Crippen LogP contribution in [0.25, 0.3) is 6.08 Å². The number of carbonyl (C=O) groups is 1. The van der Waals surface area contributed by atoms with Crippen LogP contribution in [0, 0.1) is 10.1 Å². The molecule has 1 aliphatic heterocycles. The van der Waals surface area contributed by atoms with Gasteiger partial charge in [-0.05, 0) is 29.5 Å². The van der Waals surface area contributed by atoms with Gasteiger partial charge in [-0.3, -0.25) is 14.9 Å². The Morgan fingerprint density at radius 3 is 2.62 bits per heavy atom. The van der Waals surface area contributed by atoms with Crippen LogP contribution in [-0.4, -0.2) is 10.7 Å². The van der Waals surface area contributed by atoms with E-state index in [4.69, 9.17) is 0 Å². The van der Waals surface area contributed by atoms with Crippen LogP contribution in [0.15, 0.2) is 52.3 Å². The first kappa shape index (κ1) is 13.4. The lowest BCUT2D eigenvalue weighted by atomic mass is 10.1. The zero-order valence-electron chi connectivity index (χ0n) is 10.6. The van der Waals surface area contributed by atoms with Crippen molar-refractivity contribution in [2.24, 2.45) is 0 Å². The van der Waals surface area contributed by atoms with E-state index in [-0.39, 0.29) is 5.78 Å². The van der Waals surface area contributed by atoms with E-state index in [1.54, 1.807) is 18.2 Å². The number of nitro groups is 1. The SMILES string of the molecule is O=C1/C(=C\c2ccc([O-])c([N+](=O)[O-])c2)Sc2ccccc21. The number of ketones is 1.